The highest BCUT2D eigenvalue weighted by atomic mass is 35.5. The second-order valence-corrected chi connectivity index (χ2v) is 10.2. The Morgan fingerprint density at radius 2 is 2.00 bits per heavy atom. The first kappa shape index (κ1) is 23.2. The summed E-state index contributed by atoms with van der Waals surface area (Å²) >= 11 is 6.18. The van der Waals surface area contributed by atoms with E-state index >= 15 is 0 Å². The van der Waals surface area contributed by atoms with Gasteiger partial charge >= 0.3 is 11.7 Å². The lowest BCUT2D eigenvalue weighted by Crippen LogP contribution is -2.42. The van der Waals surface area contributed by atoms with E-state index in [1.165, 1.54) is 0 Å². The zero-order chi connectivity index (χ0) is 24.8. The van der Waals surface area contributed by atoms with E-state index in [0.29, 0.717) is 54.4 Å². The number of piperidine rings is 1. The van der Waals surface area contributed by atoms with Gasteiger partial charge in [-0.05, 0) is 43.2 Å². The maximum absolute atomic E-state index is 13.1. The van der Waals surface area contributed by atoms with Crippen LogP contribution in [0.2, 0.25) is 5.02 Å². The van der Waals surface area contributed by atoms with Crippen LogP contribution in [0.3, 0.4) is 0 Å². The molecule has 3 aliphatic heterocycles. The monoisotopic (exact) mass is 511 g/mol. The molecule has 3 aliphatic rings. The third-order valence-electron chi connectivity index (χ3n) is 7.68. The maximum Gasteiger partial charge on any atom is 0.326 e. The number of anilines is 2. The number of methoxy groups -OCH3 is 1. The van der Waals surface area contributed by atoms with Crippen LogP contribution in [0.5, 0.6) is 5.75 Å². The largest absolute Gasteiger partial charge is 0.495 e. The summed E-state index contributed by atoms with van der Waals surface area (Å²) in [6.07, 6.45) is 1.41. The Hall–Kier alpha value is -3.21. The Morgan fingerprint density at radius 3 is 2.75 bits per heavy atom. The second kappa shape index (κ2) is 9.34. The average molecular weight is 512 g/mol. The Labute approximate surface area is 213 Å². The fourth-order valence-corrected chi connectivity index (χ4v) is 6.05. The number of imidazole rings is 1. The van der Waals surface area contributed by atoms with E-state index in [0.717, 1.165) is 36.4 Å². The van der Waals surface area contributed by atoms with Crippen LogP contribution in [-0.2, 0) is 0 Å². The fraction of sp³-hybridized carbons (Fsp3) is 0.440. The SMILES string of the molecule is COc1ccc(NC(=O)N2CCC(n3c(=O)[nH]c4c(N5CC6CNNC6C5)cccc43)CC2)cc1Cl. The van der Waals surface area contributed by atoms with Crippen molar-refractivity contribution in [1.29, 1.82) is 0 Å². The average Bonchev–Trinajstić information content (AvgIpc) is 3.57. The molecule has 0 spiro atoms. The number of halogens is 1. The lowest BCUT2D eigenvalue weighted by atomic mass is 10.0. The number of aromatic amines is 1. The van der Waals surface area contributed by atoms with Gasteiger partial charge in [0.25, 0.3) is 0 Å². The predicted octanol–water partition coefficient (Wildman–Crippen LogP) is 2.77. The number of aromatic nitrogens is 2. The van der Waals surface area contributed by atoms with Gasteiger partial charge in [-0.3, -0.25) is 15.4 Å². The number of hydrazine groups is 1. The Kier molecular flexibility index (Phi) is 6.02. The summed E-state index contributed by atoms with van der Waals surface area (Å²) in [5.74, 6) is 1.13. The molecule has 2 unspecified atom stereocenters. The highest BCUT2D eigenvalue weighted by Gasteiger charge is 2.37. The fourth-order valence-electron chi connectivity index (χ4n) is 5.79. The lowest BCUT2D eigenvalue weighted by Gasteiger charge is -2.32. The van der Waals surface area contributed by atoms with Crippen LogP contribution >= 0.6 is 11.6 Å². The number of carbonyl (C=O) groups excluding carboxylic acids is 1. The van der Waals surface area contributed by atoms with Crippen molar-refractivity contribution in [3.63, 3.8) is 0 Å². The van der Waals surface area contributed by atoms with Crippen molar-refractivity contribution in [3.8, 4) is 5.75 Å². The number of nitrogens with one attached hydrogen (secondary N) is 4. The van der Waals surface area contributed by atoms with Crippen molar-refractivity contribution < 1.29 is 9.53 Å². The summed E-state index contributed by atoms with van der Waals surface area (Å²) in [7, 11) is 1.55. The van der Waals surface area contributed by atoms with Crippen LogP contribution in [0.25, 0.3) is 11.0 Å². The van der Waals surface area contributed by atoms with E-state index in [9.17, 15) is 9.59 Å². The van der Waals surface area contributed by atoms with Gasteiger partial charge in [0.2, 0.25) is 0 Å². The van der Waals surface area contributed by atoms with Gasteiger partial charge in [0.1, 0.15) is 5.75 Å². The molecule has 0 aliphatic carbocycles. The van der Waals surface area contributed by atoms with Crippen LogP contribution in [-0.4, -0.2) is 66.4 Å². The number of H-pyrrole nitrogens is 1. The Bertz CT molecular complexity index is 1340. The zero-order valence-corrected chi connectivity index (χ0v) is 20.8. The van der Waals surface area contributed by atoms with Gasteiger partial charge in [0.05, 0.1) is 28.9 Å². The molecule has 10 nitrogen and oxygen atoms in total. The number of para-hydroxylation sites is 1. The molecule has 4 N–H and O–H groups in total. The minimum Gasteiger partial charge on any atom is -0.495 e. The predicted molar refractivity (Wildman–Crippen MR) is 140 cm³/mol. The number of fused-ring (bicyclic) bond motifs is 2. The molecule has 2 aromatic carbocycles. The van der Waals surface area contributed by atoms with Crippen molar-refractivity contribution in [2.24, 2.45) is 5.92 Å². The van der Waals surface area contributed by atoms with Gasteiger partial charge in [-0.2, -0.15) is 0 Å². The molecule has 1 aromatic heterocycles. The summed E-state index contributed by atoms with van der Waals surface area (Å²) in [4.78, 5) is 33.2. The number of likely N-dealkylation sites (tertiary alicyclic amines) is 1. The van der Waals surface area contributed by atoms with Crippen LogP contribution < -0.4 is 31.5 Å². The quantitative estimate of drug-likeness (QED) is 0.429. The Morgan fingerprint density at radius 1 is 1.17 bits per heavy atom. The molecular weight excluding hydrogens is 482 g/mol. The standard InChI is InChI=1S/C25H30ClN7O3/c1-36-22-6-5-16(11-18(22)26)28-24(34)31-9-7-17(8-10-31)33-21-4-2-3-20(23(21)29-25(33)35)32-13-15-12-27-30-19(15)14-32/h2-6,11,15,17,19,27,30H,7-10,12-14H2,1H3,(H,28,34)(H,29,35). The molecule has 3 saturated heterocycles. The van der Waals surface area contributed by atoms with Gasteiger partial charge < -0.3 is 24.8 Å². The summed E-state index contributed by atoms with van der Waals surface area (Å²) < 4.78 is 7.05. The molecule has 3 aromatic rings. The minimum absolute atomic E-state index is 0.0322. The minimum atomic E-state index is -0.175. The molecule has 0 saturated carbocycles. The first-order chi connectivity index (χ1) is 17.5. The number of carbonyl (C=O) groups is 1. The van der Waals surface area contributed by atoms with Crippen LogP contribution in [0.1, 0.15) is 18.9 Å². The number of urea groups is 1. The first-order valence-electron chi connectivity index (χ1n) is 12.4. The van der Waals surface area contributed by atoms with Crippen LogP contribution in [0.4, 0.5) is 16.2 Å². The normalized spacial score (nSPS) is 22.3. The first-order valence-corrected chi connectivity index (χ1v) is 12.8. The molecule has 4 heterocycles. The van der Waals surface area contributed by atoms with Crippen molar-refractivity contribution in [1.82, 2.24) is 25.3 Å². The topological polar surface area (TPSA) is 107 Å². The van der Waals surface area contributed by atoms with Gasteiger partial charge in [-0.1, -0.05) is 17.7 Å². The third-order valence-corrected chi connectivity index (χ3v) is 7.98. The molecule has 6 rings (SSSR count). The highest BCUT2D eigenvalue weighted by molar-refractivity contribution is 6.32. The second-order valence-electron chi connectivity index (χ2n) is 9.77. The summed E-state index contributed by atoms with van der Waals surface area (Å²) in [6.45, 7) is 3.97. The van der Waals surface area contributed by atoms with E-state index in [1.807, 2.05) is 16.7 Å². The number of ether oxygens (including phenoxy) is 1. The molecule has 2 amide bonds. The van der Waals surface area contributed by atoms with Crippen molar-refractivity contribution in [2.45, 2.75) is 24.9 Å². The number of rotatable bonds is 4. The molecular formula is C25H30ClN7O3. The number of hydrogen-bond donors (Lipinski definition) is 4. The summed E-state index contributed by atoms with van der Waals surface area (Å²) in [5, 5.41) is 3.35. The molecule has 190 valence electrons. The molecule has 11 heteroatoms. The van der Waals surface area contributed by atoms with E-state index in [2.05, 4.69) is 32.1 Å². The lowest BCUT2D eigenvalue weighted by molar-refractivity contribution is 0.184. The highest BCUT2D eigenvalue weighted by Crippen LogP contribution is 2.33. The van der Waals surface area contributed by atoms with E-state index in [-0.39, 0.29) is 17.8 Å². The number of hydrogen-bond acceptors (Lipinski definition) is 6. The zero-order valence-electron chi connectivity index (χ0n) is 20.1. The van der Waals surface area contributed by atoms with Crippen molar-refractivity contribution in [2.75, 3.05) is 50.1 Å². The van der Waals surface area contributed by atoms with Crippen molar-refractivity contribution in [3.05, 3.63) is 51.9 Å². The van der Waals surface area contributed by atoms with Crippen LogP contribution in [0.15, 0.2) is 41.2 Å². The number of nitrogens with zero attached hydrogens (tertiary/aromatic N) is 3. The van der Waals surface area contributed by atoms with Crippen LogP contribution in [0, 0.1) is 5.92 Å². The van der Waals surface area contributed by atoms with Gasteiger partial charge in [0.15, 0.2) is 0 Å². The van der Waals surface area contributed by atoms with Crippen molar-refractivity contribution >= 4 is 40.0 Å². The Balaban J connectivity index is 1.15. The van der Waals surface area contributed by atoms with Gasteiger partial charge in [-0.25, -0.2) is 9.59 Å². The maximum atomic E-state index is 13.1. The molecule has 2 atom stereocenters. The summed E-state index contributed by atoms with van der Waals surface area (Å²) in [5.41, 5.74) is 10.0. The smallest absolute Gasteiger partial charge is 0.326 e. The van der Waals surface area contributed by atoms with Gasteiger partial charge in [0, 0.05) is 56.4 Å². The van der Waals surface area contributed by atoms with Gasteiger partial charge in [-0.15, -0.1) is 0 Å². The molecule has 3 fully saturated rings. The summed E-state index contributed by atoms with van der Waals surface area (Å²) in [6, 6.07) is 11.6. The molecule has 36 heavy (non-hydrogen) atoms. The molecule has 0 bridgehead atoms. The number of benzene rings is 2. The number of amides is 2. The van der Waals surface area contributed by atoms with E-state index in [1.54, 1.807) is 30.2 Å². The van der Waals surface area contributed by atoms with E-state index in [4.69, 9.17) is 16.3 Å². The third kappa shape index (κ3) is 4.08. The molecule has 0 radical (unpaired) electrons. The van der Waals surface area contributed by atoms with E-state index < -0.39 is 0 Å².